The highest BCUT2D eigenvalue weighted by Crippen LogP contribution is 2.24. The van der Waals surface area contributed by atoms with Gasteiger partial charge in [0.05, 0.1) is 10.9 Å². The highest BCUT2D eigenvalue weighted by atomic mass is 16.4. The Hall–Kier alpha value is -2.69. The lowest BCUT2D eigenvalue weighted by molar-refractivity contribution is 0.0663. The molecule has 5 nitrogen and oxygen atoms in total. The van der Waals surface area contributed by atoms with E-state index in [0.717, 1.165) is 11.6 Å². The summed E-state index contributed by atoms with van der Waals surface area (Å²) in [5.41, 5.74) is 1.48. The van der Waals surface area contributed by atoms with Crippen molar-refractivity contribution in [1.82, 2.24) is 4.98 Å². The minimum Gasteiger partial charge on any atom is -0.475 e. The molecule has 1 N–H and O–H groups in total. The standard InChI is InChI=1S/C14H9NO4/c1-7-3-2-4-8-12(7)15-6-9-10(16)5-11(14(17)18)19-13(8)9/h2-6H,1H3,(H,17,18). The fourth-order valence-electron chi connectivity index (χ4n) is 2.07. The first kappa shape index (κ1) is 11.4. The zero-order valence-electron chi connectivity index (χ0n) is 10.0. The predicted molar refractivity (Wildman–Crippen MR) is 69.5 cm³/mol. The summed E-state index contributed by atoms with van der Waals surface area (Å²) in [5.74, 6) is -1.64. The monoisotopic (exact) mass is 255 g/mol. The van der Waals surface area contributed by atoms with E-state index in [1.807, 2.05) is 19.1 Å². The minimum atomic E-state index is -1.27. The number of carbonyl (C=O) groups is 1. The number of carboxylic acids is 1. The molecule has 0 fully saturated rings. The predicted octanol–water partition coefficient (Wildman–Crippen LogP) is 2.35. The van der Waals surface area contributed by atoms with Gasteiger partial charge in [-0.25, -0.2) is 4.79 Å². The Balaban J connectivity index is 2.57. The van der Waals surface area contributed by atoms with Crippen LogP contribution in [0.25, 0.3) is 21.9 Å². The van der Waals surface area contributed by atoms with Gasteiger partial charge >= 0.3 is 5.97 Å². The Kier molecular flexibility index (Phi) is 2.35. The second kappa shape index (κ2) is 3.91. The van der Waals surface area contributed by atoms with Crippen LogP contribution in [0.2, 0.25) is 0 Å². The summed E-state index contributed by atoms with van der Waals surface area (Å²) in [6, 6.07) is 6.42. The Morgan fingerprint density at radius 1 is 1.32 bits per heavy atom. The van der Waals surface area contributed by atoms with Gasteiger partial charge in [0.25, 0.3) is 0 Å². The van der Waals surface area contributed by atoms with Gasteiger partial charge in [0.2, 0.25) is 5.76 Å². The smallest absolute Gasteiger partial charge is 0.371 e. The van der Waals surface area contributed by atoms with E-state index in [1.165, 1.54) is 6.20 Å². The third-order valence-corrected chi connectivity index (χ3v) is 3.00. The number of aromatic carboxylic acids is 1. The van der Waals surface area contributed by atoms with Crippen LogP contribution in [0.5, 0.6) is 0 Å². The zero-order valence-corrected chi connectivity index (χ0v) is 10.0. The SMILES string of the molecule is Cc1cccc2c1ncc1c(=O)cc(C(=O)O)oc12. The summed E-state index contributed by atoms with van der Waals surface area (Å²) in [6.07, 6.45) is 1.42. The van der Waals surface area contributed by atoms with Gasteiger partial charge in [0.15, 0.2) is 5.43 Å². The van der Waals surface area contributed by atoms with Crippen LogP contribution in [-0.4, -0.2) is 16.1 Å². The molecule has 2 heterocycles. The van der Waals surface area contributed by atoms with E-state index >= 15 is 0 Å². The quantitative estimate of drug-likeness (QED) is 0.675. The van der Waals surface area contributed by atoms with Crippen molar-refractivity contribution in [2.45, 2.75) is 6.92 Å². The number of fused-ring (bicyclic) bond motifs is 3. The van der Waals surface area contributed by atoms with E-state index < -0.39 is 11.4 Å². The Morgan fingerprint density at radius 2 is 2.11 bits per heavy atom. The van der Waals surface area contributed by atoms with E-state index in [2.05, 4.69) is 4.98 Å². The fourth-order valence-corrected chi connectivity index (χ4v) is 2.07. The number of rotatable bonds is 1. The average Bonchev–Trinajstić information content (AvgIpc) is 2.38. The maximum Gasteiger partial charge on any atom is 0.371 e. The van der Waals surface area contributed by atoms with Crippen molar-refractivity contribution >= 4 is 27.8 Å². The van der Waals surface area contributed by atoms with Crippen LogP contribution in [-0.2, 0) is 0 Å². The van der Waals surface area contributed by atoms with Crippen LogP contribution in [0.15, 0.2) is 39.7 Å². The van der Waals surface area contributed by atoms with Gasteiger partial charge in [-0.15, -0.1) is 0 Å². The number of aryl methyl sites for hydroxylation is 1. The summed E-state index contributed by atoms with van der Waals surface area (Å²) in [5, 5.41) is 9.86. The highest BCUT2D eigenvalue weighted by molar-refractivity contribution is 6.03. The Morgan fingerprint density at radius 3 is 2.84 bits per heavy atom. The molecule has 0 atom stereocenters. The van der Waals surface area contributed by atoms with Gasteiger partial charge < -0.3 is 9.52 Å². The summed E-state index contributed by atoms with van der Waals surface area (Å²) >= 11 is 0. The van der Waals surface area contributed by atoms with Crippen LogP contribution >= 0.6 is 0 Å². The number of para-hydroxylation sites is 1. The molecule has 0 radical (unpaired) electrons. The van der Waals surface area contributed by atoms with Gasteiger partial charge in [-0.05, 0) is 18.6 Å². The van der Waals surface area contributed by atoms with Crippen molar-refractivity contribution in [3.05, 3.63) is 52.0 Å². The van der Waals surface area contributed by atoms with Crippen molar-refractivity contribution in [2.75, 3.05) is 0 Å². The molecule has 1 aromatic carbocycles. The molecule has 3 aromatic rings. The van der Waals surface area contributed by atoms with Gasteiger partial charge in [-0.1, -0.05) is 12.1 Å². The topological polar surface area (TPSA) is 80.4 Å². The number of hydrogen-bond acceptors (Lipinski definition) is 4. The maximum atomic E-state index is 11.9. The third-order valence-electron chi connectivity index (χ3n) is 3.00. The number of nitrogens with zero attached hydrogens (tertiary/aromatic N) is 1. The number of benzene rings is 1. The molecule has 0 bridgehead atoms. The molecule has 0 aliphatic rings. The first-order chi connectivity index (χ1) is 9.08. The molecule has 0 saturated heterocycles. The molecule has 0 aliphatic heterocycles. The second-order valence-electron chi connectivity index (χ2n) is 4.25. The fraction of sp³-hybridized carbons (Fsp3) is 0.0714. The number of hydrogen-bond donors (Lipinski definition) is 1. The van der Waals surface area contributed by atoms with Gasteiger partial charge in [-0.3, -0.25) is 9.78 Å². The molecule has 19 heavy (non-hydrogen) atoms. The summed E-state index contributed by atoms with van der Waals surface area (Å²) < 4.78 is 5.33. The molecule has 5 heteroatoms. The van der Waals surface area contributed by atoms with E-state index in [1.54, 1.807) is 6.07 Å². The summed E-state index contributed by atoms with van der Waals surface area (Å²) in [7, 11) is 0. The van der Waals surface area contributed by atoms with E-state index in [0.29, 0.717) is 10.9 Å². The largest absolute Gasteiger partial charge is 0.475 e. The summed E-state index contributed by atoms with van der Waals surface area (Å²) in [4.78, 5) is 27.1. The molecule has 0 aliphatic carbocycles. The average molecular weight is 255 g/mol. The van der Waals surface area contributed by atoms with Crippen LogP contribution in [0.3, 0.4) is 0 Å². The maximum absolute atomic E-state index is 11.9. The molecule has 0 saturated carbocycles. The normalized spacial score (nSPS) is 11.0. The first-order valence-corrected chi connectivity index (χ1v) is 5.63. The van der Waals surface area contributed by atoms with Gasteiger partial charge in [-0.2, -0.15) is 0 Å². The van der Waals surface area contributed by atoms with Crippen molar-refractivity contribution in [2.24, 2.45) is 0 Å². The summed E-state index contributed by atoms with van der Waals surface area (Å²) in [6.45, 7) is 1.89. The van der Waals surface area contributed by atoms with Crippen LogP contribution in [0.4, 0.5) is 0 Å². The Labute approximate surface area is 107 Å². The van der Waals surface area contributed by atoms with Crippen molar-refractivity contribution in [3.63, 3.8) is 0 Å². The zero-order chi connectivity index (χ0) is 13.6. The van der Waals surface area contributed by atoms with Crippen molar-refractivity contribution in [1.29, 1.82) is 0 Å². The highest BCUT2D eigenvalue weighted by Gasteiger charge is 2.13. The molecule has 0 amide bonds. The molecule has 94 valence electrons. The van der Waals surface area contributed by atoms with Crippen molar-refractivity contribution in [3.8, 4) is 0 Å². The second-order valence-corrected chi connectivity index (χ2v) is 4.25. The molecule has 3 rings (SSSR count). The first-order valence-electron chi connectivity index (χ1n) is 5.63. The lowest BCUT2D eigenvalue weighted by Crippen LogP contribution is -2.07. The molecular formula is C14H9NO4. The van der Waals surface area contributed by atoms with Crippen molar-refractivity contribution < 1.29 is 14.3 Å². The Bertz CT molecular complexity index is 880. The van der Waals surface area contributed by atoms with Gasteiger partial charge in [0, 0.05) is 17.6 Å². The number of carboxylic acid groups (broad SMARTS) is 1. The van der Waals surface area contributed by atoms with E-state index in [-0.39, 0.29) is 16.7 Å². The van der Waals surface area contributed by atoms with Gasteiger partial charge in [0.1, 0.15) is 5.58 Å². The van der Waals surface area contributed by atoms with E-state index in [9.17, 15) is 9.59 Å². The molecular weight excluding hydrogens is 246 g/mol. The van der Waals surface area contributed by atoms with E-state index in [4.69, 9.17) is 9.52 Å². The van der Waals surface area contributed by atoms with Crippen LogP contribution in [0.1, 0.15) is 16.1 Å². The lowest BCUT2D eigenvalue weighted by Gasteiger charge is -2.04. The lowest BCUT2D eigenvalue weighted by atomic mass is 10.1. The number of pyridine rings is 1. The van der Waals surface area contributed by atoms with Crippen LogP contribution < -0.4 is 5.43 Å². The number of aromatic nitrogens is 1. The molecule has 0 spiro atoms. The third kappa shape index (κ3) is 1.67. The molecule has 2 aromatic heterocycles. The minimum absolute atomic E-state index is 0.263. The molecule has 0 unspecified atom stereocenters. The van der Waals surface area contributed by atoms with Crippen LogP contribution in [0, 0.1) is 6.92 Å².